The van der Waals surface area contributed by atoms with Crippen LogP contribution in [-0.2, 0) is 0 Å². The third-order valence-electron chi connectivity index (χ3n) is 3.46. The van der Waals surface area contributed by atoms with Crippen molar-refractivity contribution in [3.63, 3.8) is 0 Å². The Morgan fingerprint density at radius 2 is 1.63 bits per heavy atom. The molecule has 0 aliphatic rings. The number of hydrogen-bond acceptors (Lipinski definition) is 3. The molecule has 0 spiro atoms. The molecule has 0 aliphatic heterocycles. The van der Waals surface area contributed by atoms with Crippen molar-refractivity contribution in [2.75, 3.05) is 11.9 Å². The lowest BCUT2D eigenvalue weighted by molar-refractivity contribution is 0.304. The molecule has 19 heavy (non-hydrogen) atoms. The summed E-state index contributed by atoms with van der Waals surface area (Å²) in [5, 5.41) is 3.91. The van der Waals surface area contributed by atoms with E-state index in [2.05, 4.69) is 56.8 Å². The van der Waals surface area contributed by atoms with Gasteiger partial charge in [0.1, 0.15) is 16.8 Å². The number of anilines is 1. The van der Waals surface area contributed by atoms with E-state index >= 15 is 0 Å². The van der Waals surface area contributed by atoms with Crippen molar-refractivity contribution in [2.24, 2.45) is 17.8 Å². The SMILES string of the molecule is CC(C)c1nc(Cl)cc(NCC(C(C)C)C(C)C)n1. The van der Waals surface area contributed by atoms with Crippen molar-refractivity contribution in [2.45, 2.75) is 47.5 Å². The van der Waals surface area contributed by atoms with Crippen LogP contribution in [0.5, 0.6) is 0 Å². The van der Waals surface area contributed by atoms with Crippen LogP contribution in [0.4, 0.5) is 5.82 Å². The minimum absolute atomic E-state index is 0.283. The lowest BCUT2D eigenvalue weighted by Gasteiger charge is -2.25. The predicted molar refractivity (Wildman–Crippen MR) is 82.8 cm³/mol. The summed E-state index contributed by atoms with van der Waals surface area (Å²) in [6.45, 7) is 14.1. The molecule has 0 fully saturated rings. The molecule has 1 aromatic heterocycles. The highest BCUT2D eigenvalue weighted by molar-refractivity contribution is 6.29. The second-order valence-electron chi connectivity index (χ2n) is 6.12. The van der Waals surface area contributed by atoms with E-state index < -0.39 is 0 Å². The van der Waals surface area contributed by atoms with Gasteiger partial charge in [-0.2, -0.15) is 0 Å². The van der Waals surface area contributed by atoms with E-state index in [4.69, 9.17) is 11.6 Å². The summed E-state index contributed by atoms with van der Waals surface area (Å²) in [5.41, 5.74) is 0. The molecule has 0 radical (unpaired) electrons. The summed E-state index contributed by atoms with van der Waals surface area (Å²) in [7, 11) is 0. The van der Waals surface area contributed by atoms with Gasteiger partial charge < -0.3 is 5.32 Å². The number of nitrogens with zero attached hydrogens (tertiary/aromatic N) is 2. The number of nitrogens with one attached hydrogen (secondary N) is 1. The van der Waals surface area contributed by atoms with Gasteiger partial charge in [0.15, 0.2) is 0 Å². The second-order valence-corrected chi connectivity index (χ2v) is 6.51. The Labute approximate surface area is 122 Å². The molecule has 0 saturated heterocycles. The molecule has 0 aromatic carbocycles. The van der Waals surface area contributed by atoms with E-state index in [1.807, 2.05) is 0 Å². The van der Waals surface area contributed by atoms with Gasteiger partial charge in [-0.3, -0.25) is 0 Å². The number of rotatable bonds is 6. The molecule has 108 valence electrons. The van der Waals surface area contributed by atoms with Crippen LogP contribution in [0.15, 0.2) is 6.07 Å². The fourth-order valence-electron chi connectivity index (χ4n) is 2.25. The van der Waals surface area contributed by atoms with Gasteiger partial charge in [0.05, 0.1) is 0 Å². The summed E-state index contributed by atoms with van der Waals surface area (Å²) in [5.74, 6) is 3.82. The highest BCUT2D eigenvalue weighted by atomic mass is 35.5. The van der Waals surface area contributed by atoms with Crippen LogP contribution >= 0.6 is 11.6 Å². The van der Waals surface area contributed by atoms with Gasteiger partial charge in [0.2, 0.25) is 0 Å². The normalized spacial score (nSPS) is 11.9. The molecule has 0 amide bonds. The van der Waals surface area contributed by atoms with Gasteiger partial charge in [0, 0.05) is 18.5 Å². The smallest absolute Gasteiger partial charge is 0.135 e. The van der Waals surface area contributed by atoms with Crippen LogP contribution in [0.25, 0.3) is 0 Å². The molecule has 3 nitrogen and oxygen atoms in total. The average Bonchev–Trinajstić information content (AvgIpc) is 2.27. The Morgan fingerprint density at radius 3 is 2.11 bits per heavy atom. The van der Waals surface area contributed by atoms with Crippen molar-refractivity contribution in [3.8, 4) is 0 Å². The maximum Gasteiger partial charge on any atom is 0.135 e. The van der Waals surface area contributed by atoms with E-state index in [0.29, 0.717) is 22.9 Å². The van der Waals surface area contributed by atoms with E-state index in [0.717, 1.165) is 18.2 Å². The molecule has 1 heterocycles. The monoisotopic (exact) mass is 283 g/mol. The lowest BCUT2D eigenvalue weighted by Crippen LogP contribution is -2.25. The van der Waals surface area contributed by atoms with Crippen molar-refractivity contribution >= 4 is 17.4 Å². The van der Waals surface area contributed by atoms with Crippen molar-refractivity contribution in [3.05, 3.63) is 17.0 Å². The predicted octanol–water partition coefficient (Wildman–Crippen LogP) is 4.59. The summed E-state index contributed by atoms with van der Waals surface area (Å²) in [6.07, 6.45) is 0. The maximum absolute atomic E-state index is 6.04. The second kappa shape index (κ2) is 7.09. The van der Waals surface area contributed by atoms with E-state index in [9.17, 15) is 0 Å². The molecule has 0 bridgehead atoms. The van der Waals surface area contributed by atoms with Gasteiger partial charge in [-0.15, -0.1) is 0 Å². The van der Waals surface area contributed by atoms with Crippen molar-refractivity contribution < 1.29 is 0 Å². The Balaban J connectivity index is 2.77. The number of aromatic nitrogens is 2. The zero-order valence-electron chi connectivity index (χ0n) is 12.9. The van der Waals surface area contributed by atoms with Crippen molar-refractivity contribution in [1.82, 2.24) is 9.97 Å². The minimum atomic E-state index is 0.283. The zero-order valence-corrected chi connectivity index (χ0v) is 13.6. The van der Waals surface area contributed by atoms with Crippen molar-refractivity contribution in [1.29, 1.82) is 0 Å². The summed E-state index contributed by atoms with van der Waals surface area (Å²) in [4.78, 5) is 8.76. The first kappa shape index (κ1) is 16.2. The average molecular weight is 284 g/mol. The lowest BCUT2D eigenvalue weighted by atomic mass is 9.85. The molecular formula is C15H26ClN3. The fraction of sp³-hybridized carbons (Fsp3) is 0.733. The van der Waals surface area contributed by atoms with Crippen LogP contribution in [0.3, 0.4) is 0 Å². The number of hydrogen-bond donors (Lipinski definition) is 1. The molecule has 0 aliphatic carbocycles. The van der Waals surface area contributed by atoms with Crippen LogP contribution < -0.4 is 5.32 Å². The maximum atomic E-state index is 6.04. The Morgan fingerprint density at radius 1 is 1.05 bits per heavy atom. The molecule has 0 unspecified atom stereocenters. The fourth-order valence-corrected chi connectivity index (χ4v) is 2.44. The van der Waals surface area contributed by atoms with Crippen LogP contribution in [0.1, 0.15) is 53.3 Å². The Hall–Kier alpha value is -0.830. The third kappa shape index (κ3) is 4.98. The van der Waals surface area contributed by atoms with Gasteiger partial charge in [-0.1, -0.05) is 53.1 Å². The Kier molecular flexibility index (Phi) is 6.05. The standard InChI is InChI=1S/C15H26ClN3/c1-9(2)12(10(3)4)8-17-14-7-13(16)18-15(19-14)11(5)6/h7,9-12H,8H2,1-6H3,(H,17,18,19). The highest BCUT2D eigenvalue weighted by Crippen LogP contribution is 2.22. The van der Waals surface area contributed by atoms with Crippen LogP contribution in [0, 0.1) is 17.8 Å². The molecule has 0 saturated carbocycles. The number of halogens is 1. The van der Waals surface area contributed by atoms with Crippen LogP contribution in [0.2, 0.25) is 5.15 Å². The molecule has 4 heteroatoms. The quantitative estimate of drug-likeness (QED) is 0.776. The first-order chi connectivity index (χ1) is 8.81. The van der Waals surface area contributed by atoms with E-state index in [-0.39, 0.29) is 5.92 Å². The molecule has 1 N–H and O–H groups in total. The van der Waals surface area contributed by atoms with Gasteiger partial charge >= 0.3 is 0 Å². The highest BCUT2D eigenvalue weighted by Gasteiger charge is 2.17. The molecule has 1 aromatic rings. The molecule has 0 atom stereocenters. The first-order valence-corrected chi connectivity index (χ1v) is 7.47. The van der Waals surface area contributed by atoms with Gasteiger partial charge in [-0.25, -0.2) is 9.97 Å². The van der Waals surface area contributed by atoms with E-state index in [1.54, 1.807) is 6.07 Å². The first-order valence-electron chi connectivity index (χ1n) is 7.09. The third-order valence-corrected chi connectivity index (χ3v) is 3.65. The summed E-state index contributed by atoms with van der Waals surface area (Å²) >= 11 is 6.04. The van der Waals surface area contributed by atoms with Crippen LogP contribution in [-0.4, -0.2) is 16.5 Å². The summed E-state index contributed by atoms with van der Waals surface area (Å²) < 4.78 is 0. The Bertz CT molecular complexity index is 394. The minimum Gasteiger partial charge on any atom is -0.370 e. The van der Waals surface area contributed by atoms with Gasteiger partial charge in [0.25, 0.3) is 0 Å². The summed E-state index contributed by atoms with van der Waals surface area (Å²) in [6, 6.07) is 1.80. The molecule has 1 rings (SSSR count). The van der Waals surface area contributed by atoms with Gasteiger partial charge in [-0.05, 0) is 17.8 Å². The largest absolute Gasteiger partial charge is 0.370 e. The topological polar surface area (TPSA) is 37.8 Å². The molecular weight excluding hydrogens is 258 g/mol. The van der Waals surface area contributed by atoms with E-state index in [1.165, 1.54) is 0 Å². The zero-order chi connectivity index (χ0) is 14.6.